The molecular formula is C14H19ClN2O2. The van der Waals surface area contributed by atoms with Crippen LogP contribution in [0, 0.1) is 5.92 Å². The highest BCUT2D eigenvalue weighted by molar-refractivity contribution is 6.29. The molecule has 1 saturated heterocycles. The van der Waals surface area contributed by atoms with Crippen LogP contribution in [0.4, 0.5) is 5.82 Å². The van der Waals surface area contributed by atoms with Crippen LogP contribution in [0.1, 0.15) is 43.0 Å². The van der Waals surface area contributed by atoms with Crippen LogP contribution in [0.25, 0.3) is 0 Å². The van der Waals surface area contributed by atoms with Crippen LogP contribution >= 0.6 is 11.6 Å². The third-order valence-corrected chi connectivity index (χ3v) is 4.01. The zero-order valence-electron chi connectivity index (χ0n) is 11.1. The van der Waals surface area contributed by atoms with Crippen molar-refractivity contribution in [1.82, 2.24) is 4.98 Å². The van der Waals surface area contributed by atoms with Crippen LogP contribution in [0.2, 0.25) is 5.15 Å². The number of aromatic carboxylic acids is 1. The molecule has 5 heteroatoms. The minimum absolute atomic E-state index is 0.236. The maximum absolute atomic E-state index is 11.3. The lowest BCUT2D eigenvalue weighted by Gasteiger charge is -2.23. The Hall–Kier alpha value is -1.29. The maximum Gasteiger partial charge on any atom is 0.339 e. The molecule has 0 spiro atoms. The fourth-order valence-electron chi connectivity index (χ4n) is 2.62. The van der Waals surface area contributed by atoms with Gasteiger partial charge in [0.1, 0.15) is 16.5 Å². The Kier molecular flexibility index (Phi) is 4.64. The highest BCUT2D eigenvalue weighted by atomic mass is 35.5. The number of hydrogen-bond acceptors (Lipinski definition) is 3. The molecule has 1 aliphatic heterocycles. The SMILES string of the molecule is CCC1CCCN(c2nc(Cl)ccc2C(=O)O)CC1. The van der Waals surface area contributed by atoms with Crippen molar-refractivity contribution in [1.29, 1.82) is 0 Å². The Balaban J connectivity index is 2.25. The second-order valence-electron chi connectivity index (χ2n) is 5.00. The third-order valence-electron chi connectivity index (χ3n) is 3.80. The zero-order chi connectivity index (χ0) is 13.8. The fraction of sp³-hybridized carbons (Fsp3) is 0.571. The lowest BCUT2D eigenvalue weighted by atomic mass is 9.98. The van der Waals surface area contributed by atoms with Gasteiger partial charge in [-0.3, -0.25) is 0 Å². The van der Waals surface area contributed by atoms with Crippen molar-refractivity contribution in [2.45, 2.75) is 32.6 Å². The predicted molar refractivity (Wildman–Crippen MR) is 76.1 cm³/mol. The van der Waals surface area contributed by atoms with Crippen LogP contribution in [-0.4, -0.2) is 29.1 Å². The topological polar surface area (TPSA) is 53.4 Å². The Labute approximate surface area is 118 Å². The van der Waals surface area contributed by atoms with Gasteiger partial charge in [-0.15, -0.1) is 0 Å². The average Bonchev–Trinajstić information content (AvgIpc) is 2.63. The first-order chi connectivity index (χ1) is 9.11. The number of carbonyl (C=O) groups is 1. The van der Waals surface area contributed by atoms with Gasteiger partial charge < -0.3 is 10.0 Å². The molecule has 1 aliphatic rings. The van der Waals surface area contributed by atoms with Gasteiger partial charge in [-0.25, -0.2) is 9.78 Å². The minimum atomic E-state index is -0.949. The van der Waals surface area contributed by atoms with E-state index in [1.54, 1.807) is 0 Å². The van der Waals surface area contributed by atoms with Crippen LogP contribution in [-0.2, 0) is 0 Å². The summed E-state index contributed by atoms with van der Waals surface area (Å²) in [6.45, 7) is 3.91. The van der Waals surface area contributed by atoms with Gasteiger partial charge in [-0.2, -0.15) is 0 Å². The average molecular weight is 283 g/mol. The molecular weight excluding hydrogens is 264 g/mol. The summed E-state index contributed by atoms with van der Waals surface area (Å²) in [5.74, 6) is 0.296. The minimum Gasteiger partial charge on any atom is -0.478 e. The van der Waals surface area contributed by atoms with E-state index < -0.39 is 5.97 Å². The molecule has 1 aromatic heterocycles. The number of halogens is 1. The summed E-state index contributed by atoms with van der Waals surface area (Å²) in [7, 11) is 0. The Morgan fingerprint density at radius 1 is 1.47 bits per heavy atom. The number of carboxylic acid groups (broad SMARTS) is 1. The van der Waals surface area contributed by atoms with Crippen LogP contribution < -0.4 is 4.90 Å². The van der Waals surface area contributed by atoms with Gasteiger partial charge in [0.2, 0.25) is 0 Å². The number of nitrogens with zero attached hydrogens (tertiary/aromatic N) is 2. The number of carboxylic acids is 1. The molecule has 19 heavy (non-hydrogen) atoms. The molecule has 0 radical (unpaired) electrons. The molecule has 1 N–H and O–H groups in total. The molecule has 2 rings (SSSR count). The molecule has 1 atom stereocenters. The zero-order valence-corrected chi connectivity index (χ0v) is 11.9. The van der Waals surface area contributed by atoms with Crippen molar-refractivity contribution in [2.75, 3.05) is 18.0 Å². The first-order valence-electron chi connectivity index (χ1n) is 6.76. The second kappa shape index (κ2) is 6.24. The van der Waals surface area contributed by atoms with Crippen molar-refractivity contribution in [2.24, 2.45) is 5.92 Å². The van der Waals surface area contributed by atoms with Gasteiger partial charge in [0.05, 0.1) is 0 Å². The molecule has 1 fully saturated rings. The number of anilines is 1. The fourth-order valence-corrected chi connectivity index (χ4v) is 2.76. The number of rotatable bonds is 3. The highest BCUT2D eigenvalue weighted by Gasteiger charge is 2.21. The lowest BCUT2D eigenvalue weighted by Crippen LogP contribution is -2.27. The van der Waals surface area contributed by atoms with E-state index in [0.29, 0.717) is 11.0 Å². The number of hydrogen-bond donors (Lipinski definition) is 1. The normalized spacial score (nSPS) is 20.1. The third kappa shape index (κ3) is 3.38. The molecule has 4 nitrogen and oxygen atoms in total. The largest absolute Gasteiger partial charge is 0.478 e. The summed E-state index contributed by atoms with van der Waals surface area (Å²) >= 11 is 5.91. The predicted octanol–water partition coefficient (Wildman–Crippen LogP) is 3.45. The number of pyridine rings is 1. The lowest BCUT2D eigenvalue weighted by molar-refractivity contribution is 0.0697. The number of aromatic nitrogens is 1. The van der Waals surface area contributed by atoms with Gasteiger partial charge >= 0.3 is 5.97 Å². The molecule has 2 heterocycles. The van der Waals surface area contributed by atoms with E-state index in [1.165, 1.54) is 25.0 Å². The van der Waals surface area contributed by atoms with E-state index in [4.69, 9.17) is 11.6 Å². The summed E-state index contributed by atoms with van der Waals surface area (Å²) in [6.07, 6.45) is 4.55. The van der Waals surface area contributed by atoms with Crippen molar-refractivity contribution in [3.05, 3.63) is 22.8 Å². The van der Waals surface area contributed by atoms with Gasteiger partial charge in [0.15, 0.2) is 0 Å². The first kappa shape index (κ1) is 14.1. The molecule has 1 aromatic rings. The monoisotopic (exact) mass is 282 g/mol. The quantitative estimate of drug-likeness (QED) is 0.863. The van der Waals surface area contributed by atoms with Gasteiger partial charge in [-0.05, 0) is 37.3 Å². The summed E-state index contributed by atoms with van der Waals surface area (Å²) in [6, 6.07) is 3.07. The van der Waals surface area contributed by atoms with Crippen LogP contribution in [0.15, 0.2) is 12.1 Å². The highest BCUT2D eigenvalue weighted by Crippen LogP contribution is 2.26. The van der Waals surface area contributed by atoms with Crippen molar-refractivity contribution in [3.8, 4) is 0 Å². The van der Waals surface area contributed by atoms with E-state index in [-0.39, 0.29) is 5.56 Å². The van der Waals surface area contributed by atoms with Gasteiger partial charge in [0, 0.05) is 13.1 Å². The molecule has 0 bridgehead atoms. The van der Waals surface area contributed by atoms with E-state index in [2.05, 4.69) is 16.8 Å². The van der Waals surface area contributed by atoms with E-state index in [1.807, 2.05) is 0 Å². The first-order valence-corrected chi connectivity index (χ1v) is 7.14. The summed E-state index contributed by atoms with van der Waals surface area (Å²) < 4.78 is 0. The van der Waals surface area contributed by atoms with E-state index in [9.17, 15) is 9.90 Å². The van der Waals surface area contributed by atoms with Gasteiger partial charge in [0.25, 0.3) is 0 Å². The Bertz CT molecular complexity index is 465. The summed E-state index contributed by atoms with van der Waals surface area (Å²) in [5, 5.41) is 9.59. The molecule has 104 valence electrons. The van der Waals surface area contributed by atoms with E-state index in [0.717, 1.165) is 31.8 Å². The second-order valence-corrected chi connectivity index (χ2v) is 5.39. The van der Waals surface area contributed by atoms with Crippen LogP contribution in [0.5, 0.6) is 0 Å². The molecule has 0 amide bonds. The summed E-state index contributed by atoms with van der Waals surface area (Å²) in [4.78, 5) is 17.6. The van der Waals surface area contributed by atoms with E-state index >= 15 is 0 Å². The van der Waals surface area contributed by atoms with Crippen molar-refractivity contribution in [3.63, 3.8) is 0 Å². The van der Waals surface area contributed by atoms with Crippen LogP contribution in [0.3, 0.4) is 0 Å². The van der Waals surface area contributed by atoms with Gasteiger partial charge in [-0.1, -0.05) is 24.9 Å². The standard InChI is InChI=1S/C14H19ClN2O2/c1-2-10-4-3-8-17(9-7-10)13-11(14(18)19)5-6-12(15)16-13/h5-6,10H,2-4,7-9H2,1H3,(H,18,19). The summed E-state index contributed by atoms with van der Waals surface area (Å²) in [5.41, 5.74) is 0.236. The smallest absolute Gasteiger partial charge is 0.339 e. The maximum atomic E-state index is 11.3. The molecule has 1 unspecified atom stereocenters. The molecule has 0 saturated carbocycles. The molecule has 0 aliphatic carbocycles. The molecule has 0 aromatic carbocycles. The van der Waals surface area contributed by atoms with Crippen molar-refractivity contribution < 1.29 is 9.90 Å². The van der Waals surface area contributed by atoms with Crippen molar-refractivity contribution >= 4 is 23.4 Å². The Morgan fingerprint density at radius 3 is 2.95 bits per heavy atom. The Morgan fingerprint density at radius 2 is 2.26 bits per heavy atom.